The number of allylic oxidation sites excluding steroid dienone is 1. The van der Waals surface area contributed by atoms with E-state index in [-0.39, 0.29) is 0 Å². The van der Waals surface area contributed by atoms with E-state index in [2.05, 4.69) is 30.3 Å². The van der Waals surface area contributed by atoms with Crippen molar-refractivity contribution < 1.29 is 103 Å². The van der Waals surface area contributed by atoms with E-state index in [1.54, 1.807) is 0 Å². The molecule has 50 heavy (non-hydrogen) atoms. The maximum Gasteiger partial charge on any atom is 0.437 e. The molecule has 0 radical (unpaired) electrons. The number of fused-ring (bicyclic) bond motifs is 2. The molecule has 2 aliphatic rings. The van der Waals surface area contributed by atoms with Gasteiger partial charge >= 0.3 is 37.1 Å². The van der Waals surface area contributed by atoms with Crippen molar-refractivity contribution in [3.63, 3.8) is 0 Å². The fourth-order valence-electron chi connectivity index (χ4n) is 7.85. The van der Waals surface area contributed by atoms with Gasteiger partial charge in [-0.05, 0) is 48.9 Å². The van der Waals surface area contributed by atoms with Gasteiger partial charge in [0.05, 0.1) is 5.76 Å². The van der Waals surface area contributed by atoms with Gasteiger partial charge in [0.2, 0.25) is 0 Å². The van der Waals surface area contributed by atoms with Gasteiger partial charge in [0.25, 0.3) is 16.8 Å². The highest BCUT2D eigenvalue weighted by atomic mass is 19.4. The highest BCUT2D eigenvalue weighted by Gasteiger charge is 2.85. The van der Waals surface area contributed by atoms with E-state index >= 15 is 0 Å². The lowest BCUT2D eigenvalue weighted by molar-refractivity contribution is -0.414. The predicted molar refractivity (Wildman–Crippen MR) is 131 cm³/mol. The molecule has 23 heteroatoms. The number of methoxy groups -OCH3 is 2. The molecule has 7 atom stereocenters. The Labute approximate surface area is 272 Å². The first kappa shape index (κ1) is 44.3. The third-order valence-corrected chi connectivity index (χ3v) is 9.78. The minimum Gasteiger partial charge on any atom is -0.474 e. The predicted octanol–water partition coefficient (Wildman–Crippen LogP) is 9.53. The van der Waals surface area contributed by atoms with E-state index in [1.165, 1.54) is 0 Å². The average Bonchev–Trinajstić information content (AvgIpc) is 3.31. The van der Waals surface area contributed by atoms with Crippen LogP contribution in [0, 0.1) is 41.4 Å². The van der Waals surface area contributed by atoms with Crippen LogP contribution in [0.25, 0.3) is 0 Å². The zero-order valence-electron chi connectivity index (χ0n) is 26.4. The molecular weight excluding hydrogens is 746 g/mol. The summed E-state index contributed by atoms with van der Waals surface area (Å²) in [6, 6.07) is 0. The lowest BCUT2D eigenvalue weighted by Gasteiger charge is -2.47. The van der Waals surface area contributed by atoms with Crippen LogP contribution in [0.5, 0.6) is 0 Å². The van der Waals surface area contributed by atoms with Gasteiger partial charge in [0.1, 0.15) is 13.6 Å². The second kappa shape index (κ2) is 13.8. The Morgan fingerprint density at radius 2 is 0.840 bits per heavy atom. The molecule has 7 unspecified atom stereocenters. The summed E-state index contributed by atoms with van der Waals surface area (Å²) in [7, 11) is 1.05. The van der Waals surface area contributed by atoms with Gasteiger partial charge in [0.15, 0.2) is 0 Å². The van der Waals surface area contributed by atoms with E-state index in [0.29, 0.717) is 21.1 Å². The van der Waals surface area contributed by atoms with Crippen molar-refractivity contribution >= 4 is 0 Å². The molecule has 0 aromatic heterocycles. The van der Waals surface area contributed by atoms with Crippen LogP contribution in [-0.4, -0.2) is 81.7 Å². The normalized spacial score (nSPS) is 27.6. The van der Waals surface area contributed by atoms with E-state index in [4.69, 9.17) is 0 Å². The van der Waals surface area contributed by atoms with Gasteiger partial charge < -0.3 is 23.7 Å². The quantitative estimate of drug-likeness (QED) is 0.106. The molecule has 296 valence electrons. The second-order valence-electron chi connectivity index (χ2n) is 12.4. The van der Waals surface area contributed by atoms with Gasteiger partial charge in [0, 0.05) is 26.6 Å². The molecule has 2 rings (SSSR count). The summed E-state index contributed by atoms with van der Waals surface area (Å²) in [5.41, 5.74) is -16.8. The first-order valence-electron chi connectivity index (χ1n) is 14.2. The Kier molecular flexibility index (Phi) is 12.3. The van der Waals surface area contributed by atoms with Crippen LogP contribution in [0.2, 0.25) is 0 Å². The number of alkyl halides is 18. The summed E-state index contributed by atoms with van der Waals surface area (Å²) in [6.07, 6.45) is -45.6. The van der Waals surface area contributed by atoms with Crippen molar-refractivity contribution in [2.24, 2.45) is 41.4 Å². The maximum absolute atomic E-state index is 14.8. The zero-order chi connectivity index (χ0) is 39.5. The molecule has 0 aromatic rings. The molecule has 0 aromatic carbocycles. The van der Waals surface area contributed by atoms with E-state index < -0.39 is 127 Å². The van der Waals surface area contributed by atoms with Crippen molar-refractivity contribution in [3.8, 4) is 0 Å². The third kappa shape index (κ3) is 7.08. The summed E-state index contributed by atoms with van der Waals surface area (Å²) in [6.45, 7) is 1.02. The van der Waals surface area contributed by atoms with Crippen LogP contribution in [-0.2, 0) is 23.7 Å². The summed E-state index contributed by atoms with van der Waals surface area (Å²) < 4.78 is 283. The number of ether oxygens (including phenoxy) is 5. The maximum atomic E-state index is 14.8. The monoisotopic (exact) mass is 778 g/mol. The Balaban J connectivity index is 3.20. The molecule has 0 N–H and O–H groups in total. The largest absolute Gasteiger partial charge is 0.474 e. The summed E-state index contributed by atoms with van der Waals surface area (Å²) in [4.78, 5) is 0. The highest BCUT2D eigenvalue weighted by molar-refractivity contribution is 5.20. The molecule has 2 aliphatic carbocycles. The highest BCUT2D eigenvalue weighted by Crippen LogP contribution is 2.73. The Morgan fingerprint density at radius 3 is 1.12 bits per heavy atom. The van der Waals surface area contributed by atoms with Gasteiger partial charge in [-0.2, -0.15) is 79.0 Å². The molecule has 5 nitrogen and oxygen atoms in total. The van der Waals surface area contributed by atoms with Crippen molar-refractivity contribution in [1.82, 2.24) is 0 Å². The number of rotatable bonds is 13. The van der Waals surface area contributed by atoms with Gasteiger partial charge in [-0.15, -0.1) is 0 Å². The Morgan fingerprint density at radius 1 is 0.520 bits per heavy atom. The van der Waals surface area contributed by atoms with Gasteiger partial charge in [-0.3, -0.25) is 0 Å². The molecule has 0 saturated heterocycles. The number of hydrogen-bond donors (Lipinski definition) is 0. The van der Waals surface area contributed by atoms with Crippen molar-refractivity contribution in [2.75, 3.05) is 27.8 Å². The summed E-state index contributed by atoms with van der Waals surface area (Å²) >= 11 is 0. The Hall–Kier alpha value is -1.88. The van der Waals surface area contributed by atoms with Crippen LogP contribution in [0.15, 0.2) is 12.3 Å². The average molecular weight is 779 g/mol. The van der Waals surface area contributed by atoms with E-state index in [9.17, 15) is 79.0 Å². The van der Waals surface area contributed by atoms with Crippen LogP contribution in [0.3, 0.4) is 0 Å². The molecule has 0 spiro atoms. The zero-order valence-corrected chi connectivity index (χ0v) is 26.4. The van der Waals surface area contributed by atoms with Crippen molar-refractivity contribution in [1.29, 1.82) is 0 Å². The van der Waals surface area contributed by atoms with E-state index in [0.717, 1.165) is 13.8 Å². The lowest BCUT2D eigenvalue weighted by atomic mass is 9.63. The standard InChI is InChI=1S/C27H32F18O5/c1-11(2)50-20(24(34,35)36,25(37,38)39)8-15-14(7-19(22(28,29)30,23(31,32)33)48-9-46-5)16-12(3)13(4)17(15)18(16)21(26(40,41)42,27(43,44)45)49-10-47-6/h12-18H,1,7-10H2,2-6H3. The molecule has 2 fully saturated rings. The molecule has 0 aliphatic heterocycles. The fraction of sp³-hybridized carbons (Fsp3) is 0.926. The third-order valence-electron chi connectivity index (χ3n) is 9.78. The second-order valence-corrected chi connectivity index (χ2v) is 12.4. The fourth-order valence-corrected chi connectivity index (χ4v) is 7.85. The summed E-state index contributed by atoms with van der Waals surface area (Å²) in [5, 5.41) is 0. The van der Waals surface area contributed by atoms with Gasteiger partial charge in [-0.1, -0.05) is 20.4 Å². The molecular formula is C27H32F18O5. The molecule has 2 saturated carbocycles. The number of hydrogen-bond acceptors (Lipinski definition) is 5. The molecule has 0 amide bonds. The van der Waals surface area contributed by atoms with Crippen LogP contribution >= 0.6 is 0 Å². The van der Waals surface area contributed by atoms with Crippen molar-refractivity contribution in [2.45, 2.75) is 87.5 Å². The lowest BCUT2D eigenvalue weighted by Crippen LogP contribution is -2.65. The minimum absolute atomic E-state index is 0.436. The molecule has 2 bridgehead atoms. The Bertz CT molecular complexity index is 1130. The topological polar surface area (TPSA) is 46.2 Å². The van der Waals surface area contributed by atoms with Crippen LogP contribution < -0.4 is 0 Å². The number of halogens is 18. The minimum atomic E-state index is -6.68. The first-order valence-corrected chi connectivity index (χ1v) is 14.2. The van der Waals surface area contributed by atoms with Crippen LogP contribution in [0.1, 0.15) is 33.6 Å². The SMILES string of the molecule is C=C(C)OC(CC1C(CC(OCOC)(C(F)(F)F)C(F)(F)F)C2C(C)C(C)C1C2C(OCOC)(C(F)(F)F)C(F)(F)F)(C(F)(F)F)C(F)(F)F. The summed E-state index contributed by atoms with van der Waals surface area (Å²) in [5.74, 6) is -20.0. The van der Waals surface area contributed by atoms with Crippen LogP contribution in [0.4, 0.5) is 79.0 Å². The first-order chi connectivity index (χ1) is 22.2. The van der Waals surface area contributed by atoms with E-state index in [1.807, 2.05) is 0 Å². The van der Waals surface area contributed by atoms with Crippen molar-refractivity contribution in [3.05, 3.63) is 12.3 Å². The van der Waals surface area contributed by atoms with Gasteiger partial charge in [-0.25, -0.2) is 0 Å². The smallest absolute Gasteiger partial charge is 0.437 e. The molecule has 0 heterocycles.